The molecule has 0 saturated heterocycles. The zero-order valence-corrected chi connectivity index (χ0v) is 16.6. The van der Waals surface area contributed by atoms with Gasteiger partial charge in [0.1, 0.15) is 5.84 Å². The second kappa shape index (κ2) is 16.6. The van der Waals surface area contributed by atoms with Gasteiger partial charge < -0.3 is 10.4 Å². The molecule has 0 aromatic rings. The summed E-state index contributed by atoms with van der Waals surface area (Å²) < 4.78 is 0. The van der Waals surface area contributed by atoms with E-state index < -0.39 is 0 Å². The fourth-order valence-corrected chi connectivity index (χ4v) is 3.44. The Labute approximate surface area is 156 Å². The lowest BCUT2D eigenvalue weighted by Gasteiger charge is -2.12. The third-order valence-corrected chi connectivity index (χ3v) is 5.12. The van der Waals surface area contributed by atoms with Crippen molar-refractivity contribution in [2.24, 2.45) is 10.9 Å². The summed E-state index contributed by atoms with van der Waals surface area (Å²) in [6.07, 6.45) is 23.5. The van der Waals surface area contributed by atoms with Crippen LogP contribution in [0.15, 0.2) is 17.1 Å². The molecule has 3 nitrogen and oxygen atoms in total. The Bertz CT molecular complexity index is 352. The van der Waals surface area contributed by atoms with Crippen LogP contribution in [0.25, 0.3) is 0 Å². The van der Waals surface area contributed by atoms with E-state index in [1.165, 1.54) is 83.5 Å². The summed E-state index contributed by atoms with van der Waals surface area (Å²) in [6.45, 7) is 4.25. The molecule has 0 spiro atoms. The predicted octanol–water partition coefficient (Wildman–Crippen LogP) is 5.63. The van der Waals surface area contributed by atoms with E-state index in [1.807, 2.05) is 0 Å². The monoisotopic (exact) mass is 350 g/mol. The van der Waals surface area contributed by atoms with Gasteiger partial charge in [-0.2, -0.15) is 0 Å². The molecule has 1 rings (SSSR count). The minimum Gasteiger partial charge on any atom is -0.396 e. The number of aliphatic imine (C=N–C) groups is 1. The van der Waals surface area contributed by atoms with Crippen molar-refractivity contribution >= 4 is 5.84 Å². The molecule has 0 aliphatic carbocycles. The van der Waals surface area contributed by atoms with Crippen molar-refractivity contribution in [3.8, 4) is 0 Å². The third-order valence-electron chi connectivity index (χ3n) is 5.12. The Morgan fingerprint density at radius 1 is 0.920 bits per heavy atom. The van der Waals surface area contributed by atoms with Crippen molar-refractivity contribution < 1.29 is 5.11 Å². The van der Waals surface area contributed by atoms with E-state index in [4.69, 9.17) is 0 Å². The van der Waals surface area contributed by atoms with E-state index in [0.717, 1.165) is 25.3 Å². The minimum absolute atomic E-state index is 0.167. The highest BCUT2D eigenvalue weighted by Crippen LogP contribution is 2.13. The number of aliphatic hydroxyl groups is 1. The van der Waals surface area contributed by atoms with Gasteiger partial charge >= 0.3 is 0 Å². The average molecular weight is 351 g/mol. The fourth-order valence-electron chi connectivity index (χ4n) is 3.44. The minimum atomic E-state index is 0.167. The summed E-state index contributed by atoms with van der Waals surface area (Å²) in [6, 6.07) is 0. The van der Waals surface area contributed by atoms with Gasteiger partial charge in [0.25, 0.3) is 0 Å². The Kier molecular flexibility index (Phi) is 14.8. The fraction of sp³-hybridized carbons (Fsp3) is 0.864. The molecule has 0 aromatic carbocycles. The van der Waals surface area contributed by atoms with E-state index in [9.17, 15) is 5.11 Å². The van der Waals surface area contributed by atoms with Gasteiger partial charge in [-0.3, -0.25) is 4.99 Å². The molecule has 1 aliphatic rings. The Hall–Kier alpha value is -0.830. The summed E-state index contributed by atoms with van der Waals surface area (Å²) in [4.78, 5) is 4.41. The Balaban J connectivity index is 1.83. The van der Waals surface area contributed by atoms with Crippen LogP contribution in [0.5, 0.6) is 0 Å². The van der Waals surface area contributed by atoms with Gasteiger partial charge in [0, 0.05) is 12.5 Å². The number of allylic oxidation sites excluding steroid dienone is 2. The molecule has 0 amide bonds. The number of hydrogen-bond donors (Lipinski definition) is 2. The van der Waals surface area contributed by atoms with Crippen molar-refractivity contribution in [3.05, 3.63) is 12.2 Å². The molecule has 0 bridgehead atoms. The van der Waals surface area contributed by atoms with Gasteiger partial charge in [0.05, 0.1) is 13.2 Å². The van der Waals surface area contributed by atoms with E-state index >= 15 is 0 Å². The second-order valence-corrected chi connectivity index (χ2v) is 7.46. The molecule has 25 heavy (non-hydrogen) atoms. The summed E-state index contributed by atoms with van der Waals surface area (Å²) in [5.41, 5.74) is 0. The molecular formula is C22H42N2O. The largest absolute Gasteiger partial charge is 0.396 e. The summed E-state index contributed by atoms with van der Waals surface area (Å²) >= 11 is 0. The third kappa shape index (κ3) is 12.2. The maximum Gasteiger partial charge on any atom is 0.102 e. The highest BCUT2D eigenvalue weighted by molar-refractivity contribution is 5.86. The normalized spacial score (nSPS) is 15.5. The summed E-state index contributed by atoms with van der Waals surface area (Å²) in [5, 5.41) is 12.7. The summed E-state index contributed by atoms with van der Waals surface area (Å²) in [7, 11) is 0. The number of unbranched alkanes of at least 4 members (excludes halogenated alkanes) is 12. The zero-order valence-electron chi connectivity index (χ0n) is 16.6. The number of rotatable bonds is 17. The lowest BCUT2D eigenvalue weighted by atomic mass is 10.0. The van der Waals surface area contributed by atoms with Crippen LogP contribution in [0.3, 0.4) is 0 Å². The van der Waals surface area contributed by atoms with Crippen LogP contribution in [0.2, 0.25) is 0 Å². The molecule has 3 heteroatoms. The molecule has 1 heterocycles. The molecule has 2 N–H and O–H groups in total. The molecule has 0 radical (unpaired) electrons. The predicted molar refractivity (Wildman–Crippen MR) is 110 cm³/mol. The SMILES string of the molecule is CCCCCCCCCCCCCCC=CCC(CO)C1=NCCN1. The maximum absolute atomic E-state index is 9.45. The Morgan fingerprint density at radius 3 is 2.04 bits per heavy atom. The van der Waals surface area contributed by atoms with E-state index in [1.54, 1.807) is 0 Å². The highest BCUT2D eigenvalue weighted by atomic mass is 16.3. The average Bonchev–Trinajstić information content (AvgIpc) is 3.16. The van der Waals surface area contributed by atoms with Crippen LogP contribution in [0.1, 0.15) is 96.8 Å². The number of hydrogen-bond acceptors (Lipinski definition) is 3. The van der Waals surface area contributed by atoms with Crippen molar-refractivity contribution in [2.45, 2.75) is 96.8 Å². The van der Waals surface area contributed by atoms with E-state index in [-0.39, 0.29) is 12.5 Å². The smallest absolute Gasteiger partial charge is 0.102 e. The van der Waals surface area contributed by atoms with E-state index in [2.05, 4.69) is 29.4 Å². The molecule has 0 fully saturated rings. The first-order chi connectivity index (χ1) is 12.4. The maximum atomic E-state index is 9.45. The highest BCUT2D eigenvalue weighted by Gasteiger charge is 2.15. The molecule has 1 aliphatic heterocycles. The number of aliphatic hydroxyl groups excluding tert-OH is 1. The van der Waals surface area contributed by atoms with Gasteiger partial charge in [-0.05, 0) is 19.3 Å². The van der Waals surface area contributed by atoms with Gasteiger partial charge in [-0.1, -0.05) is 89.7 Å². The number of nitrogens with one attached hydrogen (secondary N) is 1. The van der Waals surface area contributed by atoms with Crippen LogP contribution in [0, 0.1) is 5.92 Å². The van der Waals surface area contributed by atoms with Crippen LogP contribution in [-0.4, -0.2) is 30.6 Å². The summed E-state index contributed by atoms with van der Waals surface area (Å²) in [5.74, 6) is 1.17. The number of nitrogens with zero attached hydrogens (tertiary/aromatic N) is 1. The van der Waals surface area contributed by atoms with Crippen molar-refractivity contribution in [2.75, 3.05) is 19.7 Å². The Morgan fingerprint density at radius 2 is 1.52 bits per heavy atom. The quantitative estimate of drug-likeness (QED) is 0.263. The lowest BCUT2D eigenvalue weighted by molar-refractivity contribution is 0.261. The molecule has 1 atom stereocenters. The van der Waals surface area contributed by atoms with E-state index in [0.29, 0.717) is 0 Å². The van der Waals surface area contributed by atoms with Crippen LogP contribution >= 0.6 is 0 Å². The van der Waals surface area contributed by atoms with Gasteiger partial charge in [0.2, 0.25) is 0 Å². The van der Waals surface area contributed by atoms with Gasteiger partial charge in [-0.25, -0.2) is 0 Å². The lowest BCUT2D eigenvalue weighted by Crippen LogP contribution is -2.29. The first-order valence-electron chi connectivity index (χ1n) is 10.9. The van der Waals surface area contributed by atoms with Crippen LogP contribution in [0.4, 0.5) is 0 Å². The zero-order chi connectivity index (χ0) is 18.0. The topological polar surface area (TPSA) is 44.6 Å². The molecular weight excluding hydrogens is 308 g/mol. The van der Waals surface area contributed by atoms with Gasteiger partial charge in [-0.15, -0.1) is 0 Å². The van der Waals surface area contributed by atoms with Gasteiger partial charge in [0.15, 0.2) is 0 Å². The van der Waals surface area contributed by atoms with Crippen molar-refractivity contribution in [1.29, 1.82) is 0 Å². The van der Waals surface area contributed by atoms with Crippen LogP contribution in [-0.2, 0) is 0 Å². The molecule has 146 valence electrons. The number of amidine groups is 1. The molecule has 1 unspecified atom stereocenters. The van der Waals surface area contributed by atoms with Crippen LogP contribution < -0.4 is 5.32 Å². The molecule has 0 saturated carbocycles. The molecule has 0 aromatic heterocycles. The van der Waals surface area contributed by atoms with Crippen molar-refractivity contribution in [1.82, 2.24) is 5.32 Å². The standard InChI is InChI=1S/C22H42N2O/c1-2-3-4-5-6-7-8-9-10-11-12-13-14-15-16-17-21(20-25)22-23-18-19-24-22/h15-16,21,25H,2-14,17-20H2,1H3,(H,23,24). The first kappa shape index (κ1) is 22.2. The first-order valence-corrected chi connectivity index (χ1v) is 10.9. The second-order valence-electron chi connectivity index (χ2n) is 7.46. The van der Waals surface area contributed by atoms with Crippen molar-refractivity contribution in [3.63, 3.8) is 0 Å².